The molecular weight excluding hydrogens is 344 g/mol. The molecule has 2 amide bonds. The number of hydrazine groups is 1. The van der Waals surface area contributed by atoms with Crippen molar-refractivity contribution < 1.29 is 14.4 Å². The highest BCUT2D eigenvalue weighted by molar-refractivity contribution is 7.16. The molecule has 7 heteroatoms. The minimum atomic E-state index is -0.421. The van der Waals surface area contributed by atoms with Crippen LogP contribution in [0.25, 0.3) is 0 Å². The Morgan fingerprint density at radius 2 is 1.71 bits per heavy atom. The molecule has 0 saturated carbocycles. The summed E-state index contributed by atoms with van der Waals surface area (Å²) in [5, 5.41) is 0. The molecule has 5 nitrogen and oxygen atoms in total. The highest BCUT2D eigenvalue weighted by Crippen LogP contribution is 2.32. The van der Waals surface area contributed by atoms with E-state index in [1.807, 2.05) is 6.07 Å². The van der Waals surface area contributed by atoms with Gasteiger partial charge in [0.15, 0.2) is 5.78 Å². The molecule has 24 heavy (non-hydrogen) atoms. The van der Waals surface area contributed by atoms with Crippen molar-refractivity contribution in [3.8, 4) is 0 Å². The maximum Gasteiger partial charge on any atom is 0.279 e. The minimum absolute atomic E-state index is 0.0820. The number of thiophene rings is 2. The lowest BCUT2D eigenvalue weighted by Gasteiger charge is -2.16. The Morgan fingerprint density at radius 1 is 1.04 bits per heavy atom. The fourth-order valence-electron chi connectivity index (χ4n) is 2.70. The van der Waals surface area contributed by atoms with Gasteiger partial charge in [0.25, 0.3) is 11.8 Å². The van der Waals surface area contributed by atoms with Crippen molar-refractivity contribution in [2.45, 2.75) is 33.1 Å². The maximum atomic E-state index is 12.2. The molecule has 0 unspecified atom stereocenters. The van der Waals surface area contributed by atoms with Gasteiger partial charge in [0.2, 0.25) is 0 Å². The number of Topliss-reactive ketones (excluding diaryl/α,β-unsaturated/α-hetero) is 1. The number of carbonyl (C=O) groups excluding carboxylic acids is 3. The molecule has 1 aliphatic rings. The molecule has 126 valence electrons. The minimum Gasteiger partial charge on any atom is -0.294 e. The van der Waals surface area contributed by atoms with Gasteiger partial charge in [-0.05, 0) is 55.9 Å². The van der Waals surface area contributed by atoms with Gasteiger partial charge in [-0.1, -0.05) is 6.92 Å². The Balaban J connectivity index is 1.61. The highest BCUT2D eigenvalue weighted by Gasteiger charge is 2.21. The molecule has 2 heterocycles. The number of fused-ring (bicyclic) bond motifs is 1. The number of amides is 2. The summed E-state index contributed by atoms with van der Waals surface area (Å²) in [5.74, 6) is -0.159. The van der Waals surface area contributed by atoms with E-state index in [-0.39, 0.29) is 11.7 Å². The van der Waals surface area contributed by atoms with E-state index in [1.165, 1.54) is 28.7 Å². The number of nitrogens with one attached hydrogen (secondary N) is 2. The maximum absolute atomic E-state index is 12.2. The summed E-state index contributed by atoms with van der Waals surface area (Å²) in [5.41, 5.74) is 6.11. The molecule has 0 saturated heterocycles. The van der Waals surface area contributed by atoms with Crippen molar-refractivity contribution in [2.24, 2.45) is 5.92 Å². The van der Waals surface area contributed by atoms with Crippen molar-refractivity contribution in [2.75, 3.05) is 0 Å². The van der Waals surface area contributed by atoms with Gasteiger partial charge >= 0.3 is 0 Å². The first kappa shape index (κ1) is 16.9. The monoisotopic (exact) mass is 362 g/mol. The van der Waals surface area contributed by atoms with Crippen LogP contribution in [0.15, 0.2) is 18.2 Å². The number of aryl methyl sites for hydroxylation is 1. The van der Waals surface area contributed by atoms with E-state index in [0.29, 0.717) is 20.5 Å². The van der Waals surface area contributed by atoms with Crippen LogP contribution in [-0.4, -0.2) is 17.6 Å². The van der Waals surface area contributed by atoms with Crippen LogP contribution in [0.3, 0.4) is 0 Å². The van der Waals surface area contributed by atoms with Gasteiger partial charge in [-0.3, -0.25) is 25.2 Å². The van der Waals surface area contributed by atoms with Gasteiger partial charge in [-0.2, -0.15) is 0 Å². The first-order valence-corrected chi connectivity index (χ1v) is 9.40. The van der Waals surface area contributed by atoms with Gasteiger partial charge in [-0.15, -0.1) is 22.7 Å². The van der Waals surface area contributed by atoms with Crippen molar-refractivity contribution >= 4 is 40.3 Å². The Bertz CT molecular complexity index is 807. The quantitative estimate of drug-likeness (QED) is 0.650. The molecule has 0 aromatic carbocycles. The molecule has 1 atom stereocenters. The Kier molecular flexibility index (Phi) is 4.82. The SMILES string of the molecule is CC(=O)c1ccc(C(=O)NNC(=O)c2cc3c(s2)CC[C@@H](C)C3)s1. The third-order valence-corrected chi connectivity index (χ3v) is 6.44. The van der Waals surface area contributed by atoms with Crippen LogP contribution in [0.2, 0.25) is 0 Å². The number of hydrogen-bond donors (Lipinski definition) is 2. The third kappa shape index (κ3) is 3.57. The lowest BCUT2D eigenvalue weighted by Crippen LogP contribution is -2.41. The van der Waals surface area contributed by atoms with Gasteiger partial charge in [0.1, 0.15) is 0 Å². The Hall–Kier alpha value is -1.99. The molecule has 1 aliphatic carbocycles. The fourth-order valence-corrected chi connectivity index (χ4v) is 4.60. The predicted octanol–water partition coefficient (Wildman–Crippen LogP) is 3.21. The molecule has 0 fully saturated rings. The van der Waals surface area contributed by atoms with Crippen LogP contribution in [0.4, 0.5) is 0 Å². The summed E-state index contributed by atoms with van der Waals surface area (Å²) < 4.78 is 0. The zero-order valence-corrected chi connectivity index (χ0v) is 15.1. The van der Waals surface area contributed by atoms with E-state index >= 15 is 0 Å². The zero-order valence-electron chi connectivity index (χ0n) is 13.5. The van der Waals surface area contributed by atoms with E-state index in [4.69, 9.17) is 0 Å². The van der Waals surface area contributed by atoms with Gasteiger partial charge < -0.3 is 0 Å². The average Bonchev–Trinajstić information content (AvgIpc) is 3.18. The number of rotatable bonds is 3. The summed E-state index contributed by atoms with van der Waals surface area (Å²) in [7, 11) is 0. The normalized spacial score (nSPS) is 16.3. The van der Waals surface area contributed by atoms with E-state index in [9.17, 15) is 14.4 Å². The van der Waals surface area contributed by atoms with Crippen LogP contribution in [0, 0.1) is 5.92 Å². The van der Waals surface area contributed by atoms with Crippen molar-refractivity contribution in [1.82, 2.24) is 10.9 Å². The topological polar surface area (TPSA) is 75.3 Å². The van der Waals surface area contributed by atoms with Crippen molar-refractivity contribution in [1.29, 1.82) is 0 Å². The van der Waals surface area contributed by atoms with E-state index in [0.717, 1.165) is 30.6 Å². The molecule has 3 rings (SSSR count). The molecule has 0 aliphatic heterocycles. The second-order valence-corrected chi connectivity index (χ2v) is 8.26. The molecule has 0 spiro atoms. The standard InChI is InChI=1S/C17H18N2O3S2/c1-9-3-4-13-11(7-9)8-15(24-13)17(22)19-18-16(21)14-6-5-12(23-14)10(2)20/h5-6,8-9H,3-4,7H2,1-2H3,(H,18,21)(H,19,22)/t9-/m1/s1. The number of hydrogen-bond acceptors (Lipinski definition) is 5. The summed E-state index contributed by atoms with van der Waals surface area (Å²) in [6.45, 7) is 3.67. The molecule has 2 N–H and O–H groups in total. The summed E-state index contributed by atoms with van der Waals surface area (Å²) in [4.78, 5) is 38.3. The van der Waals surface area contributed by atoms with Crippen LogP contribution >= 0.6 is 22.7 Å². The second-order valence-electron chi connectivity index (χ2n) is 6.04. The number of carbonyl (C=O) groups is 3. The average molecular weight is 362 g/mol. The molecule has 0 radical (unpaired) electrons. The zero-order chi connectivity index (χ0) is 17.3. The summed E-state index contributed by atoms with van der Waals surface area (Å²) in [6, 6.07) is 5.11. The molecule has 2 aromatic rings. The van der Waals surface area contributed by atoms with E-state index in [2.05, 4.69) is 17.8 Å². The van der Waals surface area contributed by atoms with Crippen LogP contribution in [-0.2, 0) is 12.8 Å². The van der Waals surface area contributed by atoms with Gasteiger partial charge in [-0.25, -0.2) is 0 Å². The third-order valence-electron chi connectivity index (χ3n) is 4.02. The van der Waals surface area contributed by atoms with E-state index in [1.54, 1.807) is 12.1 Å². The van der Waals surface area contributed by atoms with Gasteiger partial charge in [0, 0.05) is 4.88 Å². The lowest BCUT2D eigenvalue weighted by molar-refractivity contribution is 0.0851. The number of ketones is 1. The largest absolute Gasteiger partial charge is 0.294 e. The van der Waals surface area contributed by atoms with Crippen LogP contribution < -0.4 is 10.9 Å². The van der Waals surface area contributed by atoms with E-state index < -0.39 is 5.91 Å². The smallest absolute Gasteiger partial charge is 0.279 e. The van der Waals surface area contributed by atoms with Crippen molar-refractivity contribution in [3.63, 3.8) is 0 Å². The highest BCUT2D eigenvalue weighted by atomic mass is 32.1. The second kappa shape index (κ2) is 6.86. The first-order valence-electron chi connectivity index (χ1n) is 7.77. The Labute approximate surface area is 148 Å². The molecule has 2 aromatic heterocycles. The predicted molar refractivity (Wildman–Crippen MR) is 94.8 cm³/mol. The first-order chi connectivity index (χ1) is 11.4. The fraction of sp³-hybridized carbons (Fsp3) is 0.353. The Morgan fingerprint density at radius 3 is 2.38 bits per heavy atom. The molecular formula is C17H18N2O3S2. The molecule has 0 bridgehead atoms. The summed E-state index contributed by atoms with van der Waals surface area (Å²) in [6.07, 6.45) is 3.18. The lowest BCUT2D eigenvalue weighted by atomic mass is 9.90. The van der Waals surface area contributed by atoms with Crippen LogP contribution in [0.1, 0.15) is 59.7 Å². The summed E-state index contributed by atoms with van der Waals surface area (Å²) >= 11 is 2.60. The van der Waals surface area contributed by atoms with Gasteiger partial charge in [0.05, 0.1) is 14.6 Å². The van der Waals surface area contributed by atoms with Crippen LogP contribution in [0.5, 0.6) is 0 Å². The van der Waals surface area contributed by atoms with Crippen molar-refractivity contribution in [3.05, 3.63) is 43.3 Å².